The van der Waals surface area contributed by atoms with Crippen molar-refractivity contribution in [3.05, 3.63) is 78.1 Å². The molecule has 1 amide bonds. The van der Waals surface area contributed by atoms with Gasteiger partial charge in [-0.05, 0) is 57.2 Å². The van der Waals surface area contributed by atoms with Crippen LogP contribution in [-0.2, 0) is 9.22 Å². The first-order valence-electron chi connectivity index (χ1n) is 11.7. The summed E-state index contributed by atoms with van der Waals surface area (Å²) in [7, 11) is 1.41. The molecule has 4 rings (SSSR count). The normalized spacial score (nSPS) is 10.8. The number of ether oxygens (including phenoxy) is 3. The molecule has 39 heavy (non-hydrogen) atoms. The monoisotopic (exact) mass is 567 g/mol. The maximum Gasteiger partial charge on any atom is 0.257 e. The lowest BCUT2D eigenvalue weighted by Crippen LogP contribution is -2.13. The number of anilines is 1. The zero-order valence-corrected chi connectivity index (χ0v) is 23.1. The van der Waals surface area contributed by atoms with Crippen LogP contribution in [0.3, 0.4) is 0 Å². The summed E-state index contributed by atoms with van der Waals surface area (Å²) >= 11 is 2.12. The first-order valence-corrected chi connectivity index (χ1v) is 13.2. The number of pyridine rings is 1. The summed E-state index contributed by atoms with van der Waals surface area (Å²) in [5, 5.41) is 4.15. The smallest absolute Gasteiger partial charge is 0.257 e. The third kappa shape index (κ3) is 8.26. The minimum atomic E-state index is -0.407. The third-order valence-corrected chi connectivity index (χ3v) is 6.22. The SMILES string of the molecule is COOSc1ccc(Oc2cc(OC(C)C)cc(C(=O)Nc3ncc(Oc4cccc(C(C)=O)c4)s3)c2)cn1. The van der Waals surface area contributed by atoms with Crippen molar-refractivity contribution in [1.29, 1.82) is 0 Å². The zero-order valence-electron chi connectivity index (χ0n) is 21.5. The molecule has 0 atom stereocenters. The highest BCUT2D eigenvalue weighted by atomic mass is 32.2. The number of thiazole rings is 1. The number of carbonyl (C=O) groups excluding carboxylic acids is 2. The summed E-state index contributed by atoms with van der Waals surface area (Å²) in [4.78, 5) is 37.7. The van der Waals surface area contributed by atoms with E-state index in [1.54, 1.807) is 54.6 Å². The number of benzene rings is 2. The second kappa shape index (κ2) is 13.2. The Morgan fingerprint density at radius 1 is 0.897 bits per heavy atom. The van der Waals surface area contributed by atoms with Gasteiger partial charge in [0.1, 0.15) is 28.0 Å². The molecule has 0 saturated carbocycles. The van der Waals surface area contributed by atoms with E-state index in [1.807, 2.05) is 13.8 Å². The van der Waals surface area contributed by atoms with Gasteiger partial charge in [0.15, 0.2) is 10.9 Å². The number of nitrogens with one attached hydrogen (secondary N) is 1. The molecular formula is C27H25N3O7S2. The molecule has 4 aromatic rings. The molecule has 0 unspecified atom stereocenters. The molecule has 0 spiro atoms. The summed E-state index contributed by atoms with van der Waals surface area (Å²) in [5.41, 5.74) is 0.849. The summed E-state index contributed by atoms with van der Waals surface area (Å²) < 4.78 is 22.4. The first-order chi connectivity index (χ1) is 18.8. The highest BCUT2D eigenvalue weighted by Crippen LogP contribution is 2.32. The number of hydrogen-bond acceptors (Lipinski definition) is 11. The van der Waals surface area contributed by atoms with Crippen LogP contribution in [0.15, 0.2) is 72.0 Å². The minimum absolute atomic E-state index is 0.0614. The number of aromatic nitrogens is 2. The van der Waals surface area contributed by atoms with Crippen molar-refractivity contribution >= 4 is 40.2 Å². The van der Waals surface area contributed by atoms with Crippen LogP contribution in [0.5, 0.6) is 28.1 Å². The van der Waals surface area contributed by atoms with E-state index in [0.717, 1.165) is 23.4 Å². The van der Waals surface area contributed by atoms with Gasteiger partial charge in [0, 0.05) is 17.2 Å². The lowest BCUT2D eigenvalue weighted by atomic mass is 10.1. The van der Waals surface area contributed by atoms with Crippen molar-refractivity contribution in [2.45, 2.75) is 31.9 Å². The van der Waals surface area contributed by atoms with Crippen molar-refractivity contribution in [2.75, 3.05) is 12.4 Å². The highest BCUT2D eigenvalue weighted by molar-refractivity contribution is 7.94. The van der Waals surface area contributed by atoms with Gasteiger partial charge in [-0.15, -0.1) is 0 Å². The molecule has 12 heteroatoms. The molecule has 202 valence electrons. The van der Waals surface area contributed by atoms with E-state index >= 15 is 0 Å². The molecule has 0 radical (unpaired) electrons. The van der Waals surface area contributed by atoms with E-state index in [1.165, 1.54) is 26.4 Å². The van der Waals surface area contributed by atoms with Crippen LogP contribution in [0.4, 0.5) is 5.13 Å². The van der Waals surface area contributed by atoms with Crippen LogP contribution in [0.2, 0.25) is 0 Å². The quantitative estimate of drug-likeness (QED) is 0.0834. The van der Waals surface area contributed by atoms with Gasteiger partial charge in [0.05, 0.1) is 37.7 Å². The van der Waals surface area contributed by atoms with Crippen LogP contribution in [0.25, 0.3) is 0 Å². The molecule has 2 aromatic carbocycles. The Hall–Kier alpha value is -3.97. The maximum absolute atomic E-state index is 13.1. The predicted octanol–water partition coefficient (Wildman–Crippen LogP) is 6.95. The van der Waals surface area contributed by atoms with Gasteiger partial charge in [-0.3, -0.25) is 14.9 Å². The topological polar surface area (TPSA) is 118 Å². The number of hydrogen-bond donors (Lipinski definition) is 1. The van der Waals surface area contributed by atoms with Crippen molar-refractivity contribution in [2.24, 2.45) is 0 Å². The van der Waals surface area contributed by atoms with E-state index in [-0.39, 0.29) is 11.9 Å². The number of ketones is 1. The van der Waals surface area contributed by atoms with Crippen LogP contribution in [0, 0.1) is 0 Å². The van der Waals surface area contributed by atoms with Crippen LogP contribution >= 0.6 is 23.4 Å². The van der Waals surface area contributed by atoms with E-state index in [9.17, 15) is 9.59 Å². The Morgan fingerprint density at radius 2 is 1.69 bits per heavy atom. The average Bonchev–Trinajstić information content (AvgIpc) is 3.34. The maximum atomic E-state index is 13.1. The molecule has 0 fully saturated rings. The van der Waals surface area contributed by atoms with Gasteiger partial charge in [-0.25, -0.2) is 14.9 Å². The summed E-state index contributed by atoms with van der Waals surface area (Å²) in [6.07, 6.45) is 2.91. The molecule has 0 aliphatic rings. The molecule has 10 nitrogen and oxygen atoms in total. The average molecular weight is 568 g/mol. The molecule has 2 aromatic heterocycles. The number of Topliss-reactive ketones (excluding diaryl/α,β-unsaturated/α-hetero) is 1. The van der Waals surface area contributed by atoms with Crippen LogP contribution in [-0.4, -0.2) is 34.9 Å². The van der Waals surface area contributed by atoms with E-state index in [0.29, 0.717) is 49.3 Å². The lowest BCUT2D eigenvalue weighted by Gasteiger charge is -2.14. The molecule has 2 heterocycles. The van der Waals surface area contributed by atoms with Crippen LogP contribution < -0.4 is 19.5 Å². The number of nitrogens with zero attached hydrogens (tertiary/aromatic N) is 2. The first kappa shape index (κ1) is 28.0. The van der Waals surface area contributed by atoms with E-state index in [2.05, 4.69) is 20.2 Å². The largest absolute Gasteiger partial charge is 0.491 e. The van der Waals surface area contributed by atoms with Crippen molar-refractivity contribution in [1.82, 2.24) is 9.97 Å². The summed E-state index contributed by atoms with van der Waals surface area (Å²) in [6, 6.07) is 15.2. The Balaban J connectivity index is 1.48. The third-order valence-electron chi connectivity index (χ3n) is 4.81. The standard InChI is InChI=1S/C27H25N3O7S2/c1-16(2)34-22-11-19(12-23(13-22)35-21-8-9-24(28-14-21)39-37-33-4)26(32)30-27-29-15-25(38-27)36-20-7-5-6-18(10-20)17(3)31/h5-16H,1-4H3,(H,29,30,32). The molecular weight excluding hydrogens is 542 g/mol. The fourth-order valence-electron chi connectivity index (χ4n) is 3.21. The summed E-state index contributed by atoms with van der Waals surface area (Å²) in [5.74, 6) is 1.35. The lowest BCUT2D eigenvalue weighted by molar-refractivity contribution is -0.160. The minimum Gasteiger partial charge on any atom is -0.491 e. The summed E-state index contributed by atoms with van der Waals surface area (Å²) in [6.45, 7) is 5.26. The van der Waals surface area contributed by atoms with Gasteiger partial charge in [-0.1, -0.05) is 23.5 Å². The van der Waals surface area contributed by atoms with Gasteiger partial charge in [0.2, 0.25) is 5.06 Å². The Labute approximate surface area is 233 Å². The highest BCUT2D eigenvalue weighted by Gasteiger charge is 2.15. The Bertz CT molecular complexity index is 1440. The molecule has 1 N–H and O–H groups in total. The predicted molar refractivity (Wildman–Crippen MR) is 147 cm³/mol. The fourth-order valence-corrected chi connectivity index (χ4v) is 4.25. The Morgan fingerprint density at radius 3 is 2.41 bits per heavy atom. The van der Waals surface area contributed by atoms with E-state index in [4.69, 9.17) is 18.5 Å². The second-order valence-electron chi connectivity index (χ2n) is 8.24. The van der Waals surface area contributed by atoms with E-state index < -0.39 is 5.91 Å². The van der Waals surface area contributed by atoms with Crippen molar-refractivity contribution in [3.63, 3.8) is 0 Å². The van der Waals surface area contributed by atoms with Gasteiger partial charge >= 0.3 is 0 Å². The second-order valence-corrected chi connectivity index (χ2v) is 9.95. The molecule has 0 aliphatic carbocycles. The van der Waals surface area contributed by atoms with Crippen molar-refractivity contribution in [3.8, 4) is 28.1 Å². The number of amides is 1. The van der Waals surface area contributed by atoms with Gasteiger partial charge < -0.3 is 14.2 Å². The zero-order chi connectivity index (χ0) is 27.8. The van der Waals surface area contributed by atoms with Crippen LogP contribution in [0.1, 0.15) is 41.5 Å². The van der Waals surface area contributed by atoms with Gasteiger partial charge in [0.25, 0.3) is 5.91 Å². The Kier molecular flexibility index (Phi) is 9.49. The molecule has 0 aliphatic heterocycles. The molecule has 0 bridgehead atoms. The van der Waals surface area contributed by atoms with Gasteiger partial charge in [-0.2, -0.15) is 4.33 Å². The van der Waals surface area contributed by atoms with Crippen molar-refractivity contribution < 1.29 is 33.0 Å². The number of rotatable bonds is 12. The fraction of sp³-hybridized carbons (Fsp3) is 0.185. The molecule has 0 saturated heterocycles. The number of carbonyl (C=O) groups is 2.